The number of carboxylic acids is 1. The first-order valence-corrected chi connectivity index (χ1v) is 7.35. The highest BCUT2D eigenvalue weighted by Crippen LogP contribution is 2.28. The Kier molecular flexibility index (Phi) is 5.13. The van der Waals surface area contributed by atoms with Gasteiger partial charge in [0, 0.05) is 19.2 Å². The molecular formula is C14H17Cl2NO3. The van der Waals surface area contributed by atoms with E-state index in [4.69, 9.17) is 33.0 Å². The van der Waals surface area contributed by atoms with Gasteiger partial charge in [0.15, 0.2) is 0 Å². The van der Waals surface area contributed by atoms with E-state index in [0.29, 0.717) is 28.8 Å². The molecule has 6 heteroatoms. The van der Waals surface area contributed by atoms with Crippen molar-refractivity contribution in [1.29, 1.82) is 0 Å². The summed E-state index contributed by atoms with van der Waals surface area (Å²) in [6.07, 6.45) is 1.39. The van der Waals surface area contributed by atoms with Crippen molar-refractivity contribution in [2.24, 2.45) is 0 Å². The number of rotatable bonds is 5. The van der Waals surface area contributed by atoms with Crippen LogP contribution in [-0.4, -0.2) is 41.2 Å². The van der Waals surface area contributed by atoms with Gasteiger partial charge in [-0.2, -0.15) is 0 Å². The molecule has 1 heterocycles. The quantitative estimate of drug-likeness (QED) is 0.905. The van der Waals surface area contributed by atoms with Crippen molar-refractivity contribution in [3.63, 3.8) is 0 Å². The lowest BCUT2D eigenvalue weighted by Crippen LogP contribution is -2.40. The third-order valence-corrected chi connectivity index (χ3v) is 4.22. The molecule has 4 nitrogen and oxygen atoms in total. The molecule has 110 valence electrons. The molecule has 0 radical (unpaired) electrons. The van der Waals surface area contributed by atoms with Gasteiger partial charge in [-0.15, -0.1) is 0 Å². The summed E-state index contributed by atoms with van der Waals surface area (Å²) in [5, 5.41) is 10.1. The zero-order chi connectivity index (χ0) is 14.7. The fraction of sp³-hybridized carbons (Fsp3) is 0.500. The summed E-state index contributed by atoms with van der Waals surface area (Å²) in [6, 6.07) is 4.71. The largest absolute Gasteiger partial charge is 0.489 e. The summed E-state index contributed by atoms with van der Waals surface area (Å²) in [6.45, 7) is 3.23. The number of hydrogen-bond acceptors (Lipinski definition) is 3. The van der Waals surface area contributed by atoms with Crippen LogP contribution in [-0.2, 0) is 4.79 Å². The third-order valence-electron chi connectivity index (χ3n) is 3.48. The minimum atomic E-state index is -0.775. The van der Waals surface area contributed by atoms with Gasteiger partial charge in [0.1, 0.15) is 17.9 Å². The van der Waals surface area contributed by atoms with E-state index < -0.39 is 12.0 Å². The van der Waals surface area contributed by atoms with Gasteiger partial charge in [0.05, 0.1) is 10.0 Å². The van der Waals surface area contributed by atoms with Gasteiger partial charge in [-0.1, -0.05) is 30.1 Å². The van der Waals surface area contributed by atoms with E-state index in [1.54, 1.807) is 18.2 Å². The molecule has 0 spiro atoms. The van der Waals surface area contributed by atoms with Crippen LogP contribution in [0.25, 0.3) is 0 Å². The minimum Gasteiger partial charge on any atom is -0.489 e. The average Bonchev–Trinajstić information content (AvgIpc) is 2.82. The Balaban J connectivity index is 1.96. The second-order valence-corrected chi connectivity index (χ2v) is 5.68. The predicted octanol–water partition coefficient (Wildman–Crippen LogP) is 3.31. The van der Waals surface area contributed by atoms with Crippen molar-refractivity contribution >= 4 is 29.2 Å². The Morgan fingerprint density at radius 3 is 2.85 bits per heavy atom. The summed E-state index contributed by atoms with van der Waals surface area (Å²) in [4.78, 5) is 13.1. The van der Waals surface area contributed by atoms with Crippen LogP contribution in [0.15, 0.2) is 18.2 Å². The molecule has 0 amide bonds. The molecule has 1 aliphatic heterocycles. The maximum absolute atomic E-state index is 11.2. The van der Waals surface area contributed by atoms with Gasteiger partial charge in [0.25, 0.3) is 0 Å². The third kappa shape index (κ3) is 3.57. The zero-order valence-electron chi connectivity index (χ0n) is 11.2. The van der Waals surface area contributed by atoms with Crippen LogP contribution in [0, 0.1) is 0 Å². The Morgan fingerprint density at radius 2 is 2.25 bits per heavy atom. The highest BCUT2D eigenvalue weighted by atomic mass is 35.5. The fourth-order valence-corrected chi connectivity index (χ4v) is 2.75. The van der Waals surface area contributed by atoms with Gasteiger partial charge in [-0.25, -0.2) is 0 Å². The lowest BCUT2D eigenvalue weighted by molar-refractivity contribution is -0.143. The van der Waals surface area contributed by atoms with E-state index in [1.165, 1.54) is 0 Å². The zero-order valence-corrected chi connectivity index (χ0v) is 12.7. The number of hydrogen-bond donors (Lipinski definition) is 1. The first kappa shape index (κ1) is 15.4. The molecule has 1 aromatic rings. The summed E-state index contributed by atoms with van der Waals surface area (Å²) < 4.78 is 5.84. The van der Waals surface area contributed by atoms with Crippen LogP contribution in [0.1, 0.15) is 19.8 Å². The normalized spacial score (nSPS) is 20.9. The number of ether oxygens (including phenoxy) is 1. The second-order valence-electron chi connectivity index (χ2n) is 4.86. The molecule has 2 rings (SSSR count). The van der Waals surface area contributed by atoms with Gasteiger partial charge in [-0.3, -0.25) is 9.69 Å². The number of nitrogens with zero attached hydrogens (tertiary/aromatic N) is 1. The van der Waals surface area contributed by atoms with Crippen molar-refractivity contribution in [3.8, 4) is 5.75 Å². The van der Waals surface area contributed by atoms with Crippen LogP contribution in [0.3, 0.4) is 0 Å². The molecule has 2 atom stereocenters. The van der Waals surface area contributed by atoms with Crippen molar-refractivity contribution < 1.29 is 14.6 Å². The molecular weight excluding hydrogens is 301 g/mol. The fourth-order valence-electron chi connectivity index (χ4n) is 2.46. The highest BCUT2D eigenvalue weighted by molar-refractivity contribution is 6.42. The average molecular weight is 318 g/mol. The van der Waals surface area contributed by atoms with Crippen molar-refractivity contribution in [2.45, 2.75) is 31.9 Å². The monoisotopic (exact) mass is 317 g/mol. The van der Waals surface area contributed by atoms with Crippen LogP contribution in [0.5, 0.6) is 5.75 Å². The molecule has 1 N–H and O–H groups in total. The van der Waals surface area contributed by atoms with E-state index in [1.807, 2.05) is 11.8 Å². The lowest BCUT2D eigenvalue weighted by atomic mass is 10.2. The number of carbonyl (C=O) groups is 1. The van der Waals surface area contributed by atoms with E-state index in [-0.39, 0.29) is 6.10 Å². The summed E-state index contributed by atoms with van der Waals surface area (Å²) in [5.74, 6) is -0.114. The lowest BCUT2D eigenvalue weighted by Gasteiger charge is -2.22. The van der Waals surface area contributed by atoms with Gasteiger partial charge in [-0.05, 0) is 25.0 Å². The molecule has 1 fully saturated rings. The Bertz CT molecular complexity index is 495. The first-order valence-electron chi connectivity index (χ1n) is 6.59. The molecule has 0 saturated carbocycles. The minimum absolute atomic E-state index is 0.0133. The number of aliphatic carboxylic acids is 1. The van der Waals surface area contributed by atoms with Crippen LogP contribution < -0.4 is 4.74 Å². The molecule has 20 heavy (non-hydrogen) atoms. The van der Waals surface area contributed by atoms with Crippen molar-refractivity contribution in [3.05, 3.63) is 28.2 Å². The molecule has 1 aliphatic rings. The molecule has 1 aromatic carbocycles. The van der Waals surface area contributed by atoms with Crippen molar-refractivity contribution in [2.75, 3.05) is 13.1 Å². The smallest absolute Gasteiger partial charge is 0.320 e. The van der Waals surface area contributed by atoms with Crippen LogP contribution >= 0.6 is 23.2 Å². The highest BCUT2D eigenvalue weighted by Gasteiger charge is 2.32. The predicted molar refractivity (Wildman–Crippen MR) is 78.8 cm³/mol. The molecule has 0 bridgehead atoms. The van der Waals surface area contributed by atoms with Crippen LogP contribution in [0.2, 0.25) is 10.0 Å². The Morgan fingerprint density at radius 1 is 1.50 bits per heavy atom. The van der Waals surface area contributed by atoms with E-state index in [0.717, 1.165) is 13.0 Å². The SMILES string of the molecule is CC[C@@H](C(=O)O)N1CC[C@H](Oc2ccc(Cl)c(Cl)c2)C1. The first-order chi connectivity index (χ1) is 9.51. The van der Waals surface area contributed by atoms with E-state index >= 15 is 0 Å². The summed E-state index contributed by atoms with van der Waals surface area (Å²) in [7, 11) is 0. The summed E-state index contributed by atoms with van der Waals surface area (Å²) in [5.41, 5.74) is 0. The molecule has 1 saturated heterocycles. The maximum atomic E-state index is 11.2. The van der Waals surface area contributed by atoms with Crippen LogP contribution in [0.4, 0.5) is 0 Å². The topological polar surface area (TPSA) is 49.8 Å². The molecule has 0 aromatic heterocycles. The van der Waals surface area contributed by atoms with Gasteiger partial charge < -0.3 is 9.84 Å². The van der Waals surface area contributed by atoms with E-state index in [9.17, 15) is 4.79 Å². The number of likely N-dealkylation sites (tertiary alicyclic amines) is 1. The number of benzene rings is 1. The molecule has 0 aliphatic carbocycles. The van der Waals surface area contributed by atoms with E-state index in [2.05, 4.69) is 0 Å². The second kappa shape index (κ2) is 6.66. The van der Waals surface area contributed by atoms with Crippen molar-refractivity contribution in [1.82, 2.24) is 4.90 Å². The number of carboxylic acid groups (broad SMARTS) is 1. The molecule has 0 unspecified atom stereocenters. The summed E-state index contributed by atoms with van der Waals surface area (Å²) >= 11 is 11.8. The maximum Gasteiger partial charge on any atom is 0.320 e. The standard InChI is InChI=1S/C14H17Cl2NO3/c1-2-13(14(18)19)17-6-5-10(8-17)20-9-3-4-11(15)12(16)7-9/h3-4,7,10,13H,2,5-6,8H2,1H3,(H,18,19)/t10-,13-/m0/s1. The van der Waals surface area contributed by atoms with Gasteiger partial charge >= 0.3 is 5.97 Å². The Labute approximate surface area is 128 Å². The van der Waals surface area contributed by atoms with Gasteiger partial charge in [0.2, 0.25) is 0 Å². The Hall–Kier alpha value is -0.970. The number of halogens is 2.